The number of aryl methyl sites for hydroxylation is 3. The number of aromatic nitrogens is 3. The Morgan fingerprint density at radius 3 is 2.93 bits per heavy atom. The molecule has 0 spiro atoms. The van der Waals surface area contributed by atoms with E-state index >= 15 is 0 Å². The number of hydrogen-bond donors (Lipinski definition) is 1. The molecule has 1 aromatic carbocycles. The molecule has 140 valence electrons. The maximum Gasteiger partial charge on any atom is 0.268 e. The predicted molar refractivity (Wildman–Crippen MR) is 106 cm³/mol. The summed E-state index contributed by atoms with van der Waals surface area (Å²) in [6, 6.07) is 8.60. The Hall–Kier alpha value is -2.44. The summed E-state index contributed by atoms with van der Waals surface area (Å²) in [5.41, 5.74) is 7.28. The molecule has 0 bridgehead atoms. The summed E-state index contributed by atoms with van der Waals surface area (Å²) in [6.45, 7) is 4.76. The van der Waals surface area contributed by atoms with E-state index in [-0.39, 0.29) is 11.9 Å². The van der Waals surface area contributed by atoms with Crippen molar-refractivity contribution in [3.63, 3.8) is 0 Å². The van der Waals surface area contributed by atoms with Crippen molar-refractivity contribution < 1.29 is 4.79 Å². The number of rotatable bonds is 3. The molecule has 1 unspecified atom stereocenters. The number of nitrogens with one attached hydrogen (secondary N) is 1. The van der Waals surface area contributed by atoms with E-state index < -0.39 is 0 Å². The minimum atomic E-state index is -0.239. The van der Waals surface area contributed by atoms with Crippen LogP contribution in [0.4, 0.5) is 0 Å². The molecule has 0 radical (unpaired) electrons. The fourth-order valence-electron chi connectivity index (χ4n) is 3.84. The number of carbonyl (C=O) groups excluding carboxylic acids is 1. The van der Waals surface area contributed by atoms with E-state index in [1.807, 2.05) is 19.0 Å². The molecule has 4 rings (SSSR count). The molecule has 1 atom stereocenters. The number of nitrogens with zero attached hydrogens (tertiary/aromatic N) is 4. The number of halogens is 1. The lowest BCUT2D eigenvalue weighted by Gasteiger charge is -2.25. The van der Waals surface area contributed by atoms with Gasteiger partial charge in [-0.3, -0.25) is 14.9 Å². The molecule has 1 aliphatic rings. The molecule has 7 heteroatoms. The Morgan fingerprint density at radius 1 is 1.33 bits per heavy atom. The lowest BCUT2D eigenvalue weighted by atomic mass is 10.0. The van der Waals surface area contributed by atoms with Gasteiger partial charge in [0.15, 0.2) is 5.65 Å². The maximum absolute atomic E-state index is 12.9. The summed E-state index contributed by atoms with van der Waals surface area (Å²) in [5, 5.41) is 7.47. The lowest BCUT2D eigenvalue weighted by molar-refractivity contribution is 0.0764. The van der Waals surface area contributed by atoms with Gasteiger partial charge in [-0.2, -0.15) is 5.10 Å². The van der Waals surface area contributed by atoms with Crippen LogP contribution >= 0.6 is 11.6 Å². The van der Waals surface area contributed by atoms with Crippen LogP contribution in [0.5, 0.6) is 0 Å². The molecule has 1 amide bonds. The van der Waals surface area contributed by atoms with Crippen LogP contribution in [0.2, 0.25) is 5.02 Å². The summed E-state index contributed by atoms with van der Waals surface area (Å²) >= 11 is 6.54. The van der Waals surface area contributed by atoms with Crippen molar-refractivity contribution in [1.29, 1.82) is 0 Å². The molecule has 1 fully saturated rings. The van der Waals surface area contributed by atoms with Gasteiger partial charge in [0.2, 0.25) is 0 Å². The van der Waals surface area contributed by atoms with Gasteiger partial charge in [0.05, 0.1) is 27.7 Å². The first-order chi connectivity index (χ1) is 13.0. The standard InChI is InChI=1S/C20H22ClN5O/c1-12-6-4-7-14(10-12)16-8-5-9-26(16)24-20(27)15-11-22-19-17(18(15)21)13(2)23-25(19)3/h4,6-7,10-11,16H,5,8-9H2,1-3H3,(H,24,27). The molecule has 1 N–H and O–H groups in total. The van der Waals surface area contributed by atoms with Crippen molar-refractivity contribution in [3.05, 3.63) is 57.9 Å². The van der Waals surface area contributed by atoms with Crippen molar-refractivity contribution >= 4 is 28.5 Å². The number of amides is 1. The molecule has 3 aromatic rings. The lowest BCUT2D eigenvalue weighted by Crippen LogP contribution is -2.41. The predicted octanol–water partition coefficient (Wildman–Crippen LogP) is 3.72. The average Bonchev–Trinajstić information content (AvgIpc) is 3.20. The SMILES string of the molecule is Cc1cccc(C2CCCN2NC(=O)c2cnc3c(c(C)nn3C)c2Cl)c1. The minimum absolute atomic E-state index is 0.171. The first kappa shape index (κ1) is 17.9. The molecule has 2 aromatic heterocycles. The molecular weight excluding hydrogens is 362 g/mol. The molecule has 0 saturated carbocycles. The van der Waals surface area contributed by atoms with Crippen molar-refractivity contribution in [2.75, 3.05) is 6.54 Å². The van der Waals surface area contributed by atoms with Gasteiger partial charge in [0.25, 0.3) is 5.91 Å². The zero-order valence-electron chi connectivity index (χ0n) is 15.7. The second-order valence-corrected chi connectivity index (χ2v) is 7.48. The monoisotopic (exact) mass is 383 g/mol. The zero-order valence-corrected chi connectivity index (χ0v) is 16.4. The van der Waals surface area contributed by atoms with E-state index in [1.54, 1.807) is 4.68 Å². The van der Waals surface area contributed by atoms with Gasteiger partial charge in [0, 0.05) is 19.8 Å². The second kappa shape index (κ2) is 6.94. The van der Waals surface area contributed by atoms with Crippen LogP contribution in [0.1, 0.15) is 46.1 Å². The quantitative estimate of drug-likeness (QED) is 0.748. The Kier molecular flexibility index (Phi) is 4.61. The van der Waals surface area contributed by atoms with Crippen LogP contribution in [-0.2, 0) is 7.05 Å². The summed E-state index contributed by atoms with van der Waals surface area (Å²) in [6.07, 6.45) is 3.57. The Bertz CT molecular complexity index is 1030. The topological polar surface area (TPSA) is 63.1 Å². The van der Waals surface area contributed by atoms with Crippen LogP contribution in [0.3, 0.4) is 0 Å². The largest absolute Gasteiger partial charge is 0.284 e. The summed E-state index contributed by atoms with van der Waals surface area (Å²) in [7, 11) is 1.81. The van der Waals surface area contributed by atoms with E-state index in [9.17, 15) is 4.79 Å². The summed E-state index contributed by atoms with van der Waals surface area (Å²) < 4.78 is 1.67. The normalized spacial score (nSPS) is 17.6. The van der Waals surface area contributed by atoms with Crippen molar-refractivity contribution in [3.8, 4) is 0 Å². The highest BCUT2D eigenvalue weighted by atomic mass is 35.5. The highest BCUT2D eigenvalue weighted by Gasteiger charge is 2.29. The van der Waals surface area contributed by atoms with E-state index in [4.69, 9.17) is 11.6 Å². The average molecular weight is 384 g/mol. The Morgan fingerprint density at radius 2 is 2.15 bits per heavy atom. The molecule has 1 saturated heterocycles. The minimum Gasteiger partial charge on any atom is -0.284 e. The zero-order chi connectivity index (χ0) is 19.1. The van der Waals surface area contributed by atoms with E-state index in [0.29, 0.717) is 16.2 Å². The van der Waals surface area contributed by atoms with Gasteiger partial charge < -0.3 is 0 Å². The van der Waals surface area contributed by atoms with Crippen LogP contribution in [0, 0.1) is 13.8 Å². The molecule has 1 aliphatic heterocycles. The van der Waals surface area contributed by atoms with Gasteiger partial charge in [-0.15, -0.1) is 0 Å². The van der Waals surface area contributed by atoms with Crippen LogP contribution < -0.4 is 5.43 Å². The third kappa shape index (κ3) is 3.19. The molecule has 27 heavy (non-hydrogen) atoms. The number of fused-ring (bicyclic) bond motifs is 1. The van der Waals surface area contributed by atoms with Crippen LogP contribution in [0.25, 0.3) is 11.0 Å². The molecule has 0 aliphatic carbocycles. The third-order valence-corrected chi connectivity index (χ3v) is 5.53. The Labute approximate surface area is 163 Å². The van der Waals surface area contributed by atoms with Crippen LogP contribution in [-0.4, -0.2) is 32.2 Å². The number of hydrogen-bond acceptors (Lipinski definition) is 4. The number of hydrazine groups is 1. The van der Waals surface area contributed by atoms with Gasteiger partial charge >= 0.3 is 0 Å². The highest BCUT2D eigenvalue weighted by Crippen LogP contribution is 2.32. The van der Waals surface area contributed by atoms with Gasteiger partial charge in [-0.25, -0.2) is 9.99 Å². The number of carbonyl (C=O) groups is 1. The maximum atomic E-state index is 12.9. The number of benzene rings is 1. The van der Waals surface area contributed by atoms with Crippen molar-refractivity contribution in [1.82, 2.24) is 25.2 Å². The molecule has 6 nitrogen and oxygen atoms in total. The van der Waals surface area contributed by atoms with E-state index in [1.165, 1.54) is 17.3 Å². The second-order valence-electron chi connectivity index (χ2n) is 7.10. The highest BCUT2D eigenvalue weighted by molar-refractivity contribution is 6.38. The first-order valence-corrected chi connectivity index (χ1v) is 9.45. The molecule has 3 heterocycles. The smallest absolute Gasteiger partial charge is 0.268 e. The third-order valence-electron chi connectivity index (χ3n) is 5.13. The Balaban J connectivity index is 1.61. The van der Waals surface area contributed by atoms with Crippen molar-refractivity contribution in [2.24, 2.45) is 7.05 Å². The van der Waals surface area contributed by atoms with E-state index in [2.05, 4.69) is 46.7 Å². The van der Waals surface area contributed by atoms with Gasteiger partial charge in [-0.1, -0.05) is 41.4 Å². The summed E-state index contributed by atoms with van der Waals surface area (Å²) in [5.74, 6) is -0.239. The molecular formula is C20H22ClN5O. The van der Waals surface area contributed by atoms with Gasteiger partial charge in [-0.05, 0) is 32.3 Å². The van der Waals surface area contributed by atoms with Crippen molar-refractivity contribution in [2.45, 2.75) is 32.7 Å². The van der Waals surface area contributed by atoms with Gasteiger partial charge in [0.1, 0.15) is 0 Å². The van der Waals surface area contributed by atoms with E-state index in [0.717, 1.165) is 30.5 Å². The summed E-state index contributed by atoms with van der Waals surface area (Å²) in [4.78, 5) is 17.3. The van der Waals surface area contributed by atoms with Crippen LogP contribution in [0.15, 0.2) is 30.5 Å². The fraction of sp³-hybridized carbons (Fsp3) is 0.350. The first-order valence-electron chi connectivity index (χ1n) is 9.07. The fourth-order valence-corrected chi connectivity index (χ4v) is 4.20. The number of pyridine rings is 1.